The van der Waals surface area contributed by atoms with Gasteiger partial charge in [-0.1, -0.05) is 45.2 Å². The number of hydrogen-bond acceptors (Lipinski definition) is 4. The predicted octanol–water partition coefficient (Wildman–Crippen LogP) is 3.64. The third-order valence-corrected chi connectivity index (χ3v) is 8.06. The fourth-order valence-corrected chi connectivity index (χ4v) is 5.66. The predicted molar refractivity (Wildman–Crippen MR) is 107 cm³/mol. The van der Waals surface area contributed by atoms with Crippen LogP contribution < -0.4 is 11.1 Å². The van der Waals surface area contributed by atoms with Gasteiger partial charge in [0.25, 0.3) is 0 Å². The van der Waals surface area contributed by atoms with E-state index in [-0.39, 0.29) is 16.9 Å². The molecule has 1 amide bonds. The van der Waals surface area contributed by atoms with Gasteiger partial charge < -0.3 is 11.1 Å². The zero-order chi connectivity index (χ0) is 19.2. The number of nitrogens with two attached hydrogens (primary N) is 1. The Hall–Kier alpha value is -1.40. The van der Waals surface area contributed by atoms with Crippen molar-refractivity contribution in [2.45, 2.75) is 69.8 Å². The van der Waals surface area contributed by atoms with Crippen molar-refractivity contribution < 1.29 is 13.2 Å². The Morgan fingerprint density at radius 1 is 1.19 bits per heavy atom. The molecule has 0 aromatic heterocycles. The molecule has 1 aliphatic carbocycles. The number of nitrogens with one attached hydrogen (secondary N) is 1. The van der Waals surface area contributed by atoms with Crippen molar-refractivity contribution in [2.75, 3.05) is 11.9 Å². The zero-order valence-corrected chi connectivity index (χ0v) is 16.8. The van der Waals surface area contributed by atoms with Crippen LogP contribution in [0.15, 0.2) is 24.3 Å². The highest BCUT2D eigenvalue weighted by Crippen LogP contribution is 2.29. The molecular formula is C20H32N2O3S. The average Bonchev–Trinajstić information content (AvgIpc) is 2.64. The summed E-state index contributed by atoms with van der Waals surface area (Å²) in [4.78, 5) is 12.7. The van der Waals surface area contributed by atoms with Gasteiger partial charge in [-0.25, -0.2) is 8.42 Å². The first-order chi connectivity index (χ1) is 12.4. The molecule has 146 valence electrons. The summed E-state index contributed by atoms with van der Waals surface area (Å²) < 4.78 is 25.4. The molecule has 0 atom stereocenters. The van der Waals surface area contributed by atoms with E-state index in [4.69, 9.17) is 5.73 Å². The molecule has 0 spiro atoms. The maximum Gasteiger partial charge on any atom is 0.231 e. The van der Waals surface area contributed by atoms with Crippen LogP contribution in [0, 0.1) is 5.41 Å². The van der Waals surface area contributed by atoms with Gasteiger partial charge in [0.05, 0.1) is 16.4 Å². The molecule has 0 bridgehead atoms. The van der Waals surface area contributed by atoms with Crippen molar-refractivity contribution in [1.82, 2.24) is 0 Å². The van der Waals surface area contributed by atoms with Gasteiger partial charge >= 0.3 is 0 Å². The highest BCUT2D eigenvalue weighted by molar-refractivity contribution is 7.91. The van der Waals surface area contributed by atoms with E-state index in [9.17, 15) is 13.2 Å². The molecule has 0 heterocycles. The van der Waals surface area contributed by atoms with Gasteiger partial charge in [0.1, 0.15) is 0 Å². The van der Waals surface area contributed by atoms with Gasteiger partial charge in [-0.2, -0.15) is 0 Å². The minimum absolute atomic E-state index is 0.0327. The topological polar surface area (TPSA) is 89.3 Å². The van der Waals surface area contributed by atoms with Crippen LogP contribution in [-0.2, 0) is 20.4 Å². The van der Waals surface area contributed by atoms with Crippen molar-refractivity contribution in [1.29, 1.82) is 0 Å². The number of amides is 1. The van der Waals surface area contributed by atoms with Crippen molar-refractivity contribution in [3.05, 3.63) is 29.8 Å². The third kappa shape index (κ3) is 4.86. The Kier molecular flexibility index (Phi) is 7.24. The first kappa shape index (κ1) is 20.9. The van der Waals surface area contributed by atoms with Crippen molar-refractivity contribution >= 4 is 21.4 Å². The average molecular weight is 381 g/mol. The largest absolute Gasteiger partial charge is 0.329 e. The summed E-state index contributed by atoms with van der Waals surface area (Å²) in [6.45, 7) is 4.22. The molecular weight excluding hydrogens is 348 g/mol. The van der Waals surface area contributed by atoms with Crippen molar-refractivity contribution in [3.63, 3.8) is 0 Å². The Labute approximate surface area is 157 Å². The Morgan fingerprint density at radius 2 is 1.85 bits per heavy atom. The molecule has 2 rings (SSSR count). The lowest BCUT2D eigenvalue weighted by molar-refractivity contribution is -0.125. The molecule has 1 aromatic rings. The molecule has 1 saturated carbocycles. The molecule has 5 nitrogen and oxygen atoms in total. The Morgan fingerprint density at radius 3 is 2.42 bits per heavy atom. The zero-order valence-electron chi connectivity index (χ0n) is 16.0. The van der Waals surface area contributed by atoms with E-state index in [1.54, 1.807) is 18.2 Å². The van der Waals surface area contributed by atoms with E-state index in [1.165, 1.54) is 0 Å². The highest BCUT2D eigenvalue weighted by atomic mass is 32.2. The lowest BCUT2D eigenvalue weighted by atomic mass is 9.81. The smallest absolute Gasteiger partial charge is 0.231 e. The molecule has 0 saturated heterocycles. The van der Waals surface area contributed by atoms with E-state index >= 15 is 0 Å². The summed E-state index contributed by atoms with van der Waals surface area (Å²) in [5.41, 5.74) is 6.61. The summed E-state index contributed by atoms with van der Waals surface area (Å²) >= 11 is 0. The molecule has 1 aromatic carbocycles. The minimum Gasteiger partial charge on any atom is -0.329 e. The summed E-state index contributed by atoms with van der Waals surface area (Å²) in [6, 6.07) is 7.17. The quantitative estimate of drug-likeness (QED) is 0.720. The van der Waals surface area contributed by atoms with Crippen LogP contribution in [0.3, 0.4) is 0 Å². The second kappa shape index (κ2) is 9.00. The van der Waals surface area contributed by atoms with E-state index < -0.39 is 15.3 Å². The van der Waals surface area contributed by atoms with Gasteiger partial charge in [-0.15, -0.1) is 0 Å². The number of carbonyl (C=O) groups excluding carboxylic acids is 1. The van der Waals surface area contributed by atoms with Gasteiger partial charge in [-0.05, 0) is 43.4 Å². The fraction of sp³-hybridized carbons (Fsp3) is 0.650. The number of rotatable bonds is 8. The van der Waals surface area contributed by atoms with Gasteiger partial charge in [0.15, 0.2) is 9.84 Å². The fourth-order valence-electron chi connectivity index (χ4n) is 3.73. The Balaban J connectivity index is 2.11. The molecule has 6 heteroatoms. The minimum atomic E-state index is -3.16. The van der Waals surface area contributed by atoms with Crippen LogP contribution in [0.2, 0.25) is 0 Å². The summed E-state index contributed by atoms with van der Waals surface area (Å²) in [5.74, 6) is -0.0670. The number of anilines is 1. The second-order valence-electron chi connectivity index (χ2n) is 7.41. The van der Waals surface area contributed by atoms with Crippen molar-refractivity contribution in [2.24, 2.45) is 11.1 Å². The standard InChI is InChI=1S/C20H32N2O3S/c1-3-20(4-2,15-21)19(23)22-17-10-8-9-16(13-17)14-26(24,25)18-11-6-5-7-12-18/h8-10,13,18H,3-7,11-12,14-15,21H2,1-2H3,(H,22,23). The van der Waals surface area contributed by atoms with Crippen LogP contribution >= 0.6 is 0 Å². The summed E-state index contributed by atoms with van der Waals surface area (Å²) in [7, 11) is -3.16. The van der Waals surface area contributed by atoms with E-state index in [0.717, 1.165) is 37.7 Å². The highest BCUT2D eigenvalue weighted by Gasteiger charge is 2.33. The van der Waals surface area contributed by atoms with Crippen LogP contribution in [0.1, 0.15) is 64.4 Å². The second-order valence-corrected chi connectivity index (χ2v) is 9.69. The van der Waals surface area contributed by atoms with Crippen LogP contribution in [0.25, 0.3) is 0 Å². The van der Waals surface area contributed by atoms with Gasteiger partial charge in [0.2, 0.25) is 5.91 Å². The number of hydrogen-bond donors (Lipinski definition) is 2. The van der Waals surface area contributed by atoms with E-state index in [1.807, 2.05) is 19.9 Å². The monoisotopic (exact) mass is 380 g/mol. The van der Waals surface area contributed by atoms with Gasteiger partial charge in [-0.3, -0.25) is 4.79 Å². The summed E-state index contributed by atoms with van der Waals surface area (Å²) in [5, 5.41) is 2.70. The van der Waals surface area contributed by atoms with E-state index in [0.29, 0.717) is 25.1 Å². The molecule has 0 unspecified atom stereocenters. The first-order valence-corrected chi connectivity index (χ1v) is 11.4. The molecule has 1 fully saturated rings. The van der Waals surface area contributed by atoms with Crippen LogP contribution in [0.4, 0.5) is 5.69 Å². The Bertz CT molecular complexity index is 697. The molecule has 1 aliphatic rings. The normalized spacial score (nSPS) is 16.4. The third-order valence-electron chi connectivity index (χ3n) is 5.84. The van der Waals surface area contributed by atoms with Crippen LogP contribution in [-0.4, -0.2) is 26.1 Å². The SMILES string of the molecule is CCC(CC)(CN)C(=O)Nc1cccc(CS(=O)(=O)C2CCCCC2)c1. The lowest BCUT2D eigenvalue weighted by Crippen LogP contribution is -2.41. The molecule has 26 heavy (non-hydrogen) atoms. The lowest BCUT2D eigenvalue weighted by Gasteiger charge is -2.28. The first-order valence-electron chi connectivity index (χ1n) is 9.69. The number of carbonyl (C=O) groups is 1. The molecule has 0 radical (unpaired) electrons. The molecule has 0 aliphatic heterocycles. The van der Waals surface area contributed by atoms with Gasteiger partial charge in [0, 0.05) is 12.2 Å². The summed E-state index contributed by atoms with van der Waals surface area (Å²) in [6.07, 6.45) is 5.99. The van der Waals surface area contributed by atoms with E-state index in [2.05, 4.69) is 5.32 Å². The maximum atomic E-state index is 12.7. The number of sulfone groups is 1. The molecule has 3 N–H and O–H groups in total. The number of benzene rings is 1. The van der Waals surface area contributed by atoms with Crippen LogP contribution in [0.5, 0.6) is 0 Å². The van der Waals surface area contributed by atoms with Crippen molar-refractivity contribution in [3.8, 4) is 0 Å². The maximum absolute atomic E-state index is 12.7.